The van der Waals surface area contributed by atoms with Crippen molar-refractivity contribution in [1.82, 2.24) is 0 Å². The monoisotopic (exact) mass is 390 g/mol. The van der Waals surface area contributed by atoms with Crippen LogP contribution in [0.3, 0.4) is 0 Å². The molecule has 1 N–H and O–H groups in total. The van der Waals surface area contributed by atoms with Crippen molar-refractivity contribution in [2.45, 2.75) is 42.5 Å². The predicted molar refractivity (Wildman–Crippen MR) is 73.6 cm³/mol. The van der Waals surface area contributed by atoms with Crippen LogP contribution in [-0.2, 0) is 35.6 Å². The molecule has 0 aromatic rings. The Kier molecular flexibility index (Phi) is 8.12. The molecule has 0 radical (unpaired) electrons. The van der Waals surface area contributed by atoms with Gasteiger partial charge in [0.1, 0.15) is 11.4 Å². The first kappa shape index (κ1) is 21.9. The molecule has 1 aliphatic carbocycles. The molecular formula is C9H17F3O7S3. The maximum atomic E-state index is 10.7. The Morgan fingerprint density at radius 2 is 1.55 bits per heavy atom. The molecule has 1 rings (SSSR count). The molecule has 2 unspecified atom stereocenters. The van der Waals surface area contributed by atoms with Crippen LogP contribution in [0.15, 0.2) is 0 Å². The van der Waals surface area contributed by atoms with E-state index in [0.29, 0.717) is 0 Å². The van der Waals surface area contributed by atoms with E-state index >= 15 is 0 Å². The van der Waals surface area contributed by atoms with Gasteiger partial charge in [-0.2, -0.15) is 21.6 Å². The summed E-state index contributed by atoms with van der Waals surface area (Å²) in [6.45, 7) is 0. The van der Waals surface area contributed by atoms with E-state index in [0.717, 1.165) is 25.7 Å². The maximum Gasteiger partial charge on any atom is 0.485 e. The molecule has 0 bridgehead atoms. The van der Waals surface area contributed by atoms with E-state index in [9.17, 15) is 21.6 Å². The summed E-state index contributed by atoms with van der Waals surface area (Å²) in [5, 5.41) is 0.269. The maximum absolute atomic E-state index is 10.7. The van der Waals surface area contributed by atoms with Crippen LogP contribution >= 0.6 is 0 Å². The molecule has 1 fully saturated rings. The van der Waals surface area contributed by atoms with Crippen molar-refractivity contribution in [3.63, 3.8) is 0 Å². The van der Waals surface area contributed by atoms with Crippen LogP contribution in [0, 0.1) is 0 Å². The fraction of sp³-hybridized carbons (Fsp3) is 1.00. The Balaban J connectivity index is 0.000000472. The first-order valence-electron chi connectivity index (χ1n) is 5.89. The van der Waals surface area contributed by atoms with Crippen molar-refractivity contribution < 1.29 is 43.3 Å². The van der Waals surface area contributed by atoms with Gasteiger partial charge in [0.25, 0.3) is 0 Å². The molecule has 0 saturated heterocycles. The summed E-state index contributed by atoms with van der Waals surface area (Å²) in [4.78, 5) is 0. The van der Waals surface area contributed by atoms with Gasteiger partial charge in [0.2, 0.25) is 0 Å². The molecule has 13 heteroatoms. The molecule has 0 aromatic heterocycles. The average Bonchev–Trinajstić information content (AvgIpc) is 2.25. The molecule has 0 amide bonds. The van der Waals surface area contributed by atoms with Crippen LogP contribution in [-0.4, -0.2) is 55.3 Å². The fourth-order valence-electron chi connectivity index (χ4n) is 1.87. The molecule has 134 valence electrons. The molecule has 0 heterocycles. The minimum Gasteiger partial charge on any atom is -0.741 e. The molecular weight excluding hydrogens is 373 g/mol. The van der Waals surface area contributed by atoms with Gasteiger partial charge in [-0.05, 0) is 30.2 Å². The summed E-state index contributed by atoms with van der Waals surface area (Å²) in [6, 6.07) is 0. The zero-order chi connectivity index (χ0) is 17.8. The summed E-state index contributed by atoms with van der Waals surface area (Å²) in [5.41, 5.74) is -5.65. The van der Waals surface area contributed by atoms with E-state index in [1.165, 1.54) is 0 Å². The summed E-state index contributed by atoms with van der Waals surface area (Å²) < 4.78 is 93.4. The summed E-state index contributed by atoms with van der Waals surface area (Å²) in [6.07, 6.45) is 7.67. The van der Waals surface area contributed by atoms with Crippen LogP contribution in [0.4, 0.5) is 13.2 Å². The van der Waals surface area contributed by atoms with E-state index < -0.39 is 26.0 Å². The highest BCUT2D eigenvalue weighted by molar-refractivity contribution is 7.96. The summed E-state index contributed by atoms with van der Waals surface area (Å²) in [5.74, 6) is 0. The Morgan fingerprint density at radius 3 is 1.86 bits per heavy atom. The number of halogens is 3. The predicted octanol–water partition coefficient (Wildman–Crippen LogP) is 1.05. The van der Waals surface area contributed by atoms with E-state index in [1.54, 1.807) is 0 Å². The Labute approximate surface area is 130 Å². The van der Waals surface area contributed by atoms with Crippen molar-refractivity contribution >= 4 is 31.4 Å². The molecule has 7 nitrogen and oxygen atoms in total. The van der Waals surface area contributed by atoms with E-state index in [1.807, 2.05) is 0 Å². The van der Waals surface area contributed by atoms with Gasteiger partial charge in [-0.15, -0.1) is 0 Å². The van der Waals surface area contributed by atoms with Gasteiger partial charge >= 0.3 is 15.9 Å². The van der Waals surface area contributed by atoms with Crippen LogP contribution < -0.4 is 0 Å². The molecule has 0 aromatic carbocycles. The first-order chi connectivity index (χ1) is 9.65. The molecule has 22 heavy (non-hydrogen) atoms. The second-order valence-corrected chi connectivity index (χ2v) is 9.45. The van der Waals surface area contributed by atoms with E-state index in [-0.39, 0.29) is 22.2 Å². The largest absolute Gasteiger partial charge is 0.741 e. The third-order valence-corrected chi connectivity index (χ3v) is 5.58. The zero-order valence-corrected chi connectivity index (χ0v) is 14.2. The molecule has 0 spiro atoms. The van der Waals surface area contributed by atoms with Crippen molar-refractivity contribution in [3.05, 3.63) is 0 Å². The normalized spacial score (nSPS) is 23.8. The molecule has 1 saturated carbocycles. The second-order valence-electron chi connectivity index (χ2n) is 4.66. The quantitative estimate of drug-likeness (QED) is 0.434. The highest BCUT2D eigenvalue weighted by Gasteiger charge is 2.37. The minimum atomic E-state index is -6.09. The Bertz CT molecular complexity index is 541. The van der Waals surface area contributed by atoms with Crippen molar-refractivity contribution in [3.8, 4) is 0 Å². The van der Waals surface area contributed by atoms with Crippen LogP contribution in [0.5, 0.6) is 0 Å². The van der Waals surface area contributed by atoms with Crippen molar-refractivity contribution in [2.75, 3.05) is 12.5 Å². The van der Waals surface area contributed by atoms with Gasteiger partial charge in [0, 0.05) is 0 Å². The number of hydrogen-bond donors (Lipinski definition) is 1. The lowest BCUT2D eigenvalue weighted by Gasteiger charge is -2.26. The van der Waals surface area contributed by atoms with Crippen molar-refractivity contribution in [1.29, 1.82) is 0 Å². The SMILES string of the molecule is C[S+](C)C1CCCCC1OS(=O)(=O)O.O=S(=O)([O-])C(F)(F)F. The highest BCUT2D eigenvalue weighted by Crippen LogP contribution is 2.27. The number of alkyl halides is 3. The minimum absolute atomic E-state index is 0.133. The van der Waals surface area contributed by atoms with Crippen LogP contribution in [0.2, 0.25) is 0 Å². The summed E-state index contributed by atoms with van der Waals surface area (Å²) >= 11 is 0. The first-order valence-corrected chi connectivity index (χ1v) is 10.8. The third-order valence-electron chi connectivity index (χ3n) is 2.78. The lowest BCUT2D eigenvalue weighted by atomic mass is 9.97. The van der Waals surface area contributed by atoms with E-state index in [4.69, 9.17) is 17.5 Å². The lowest BCUT2D eigenvalue weighted by Crippen LogP contribution is -2.39. The lowest BCUT2D eigenvalue weighted by molar-refractivity contribution is -0.0517. The molecule has 1 aliphatic rings. The molecule has 2 atom stereocenters. The van der Waals surface area contributed by atoms with Crippen molar-refractivity contribution in [2.24, 2.45) is 0 Å². The molecule has 0 aliphatic heterocycles. The van der Waals surface area contributed by atoms with Gasteiger partial charge in [-0.3, -0.25) is 4.55 Å². The topological polar surface area (TPSA) is 121 Å². The number of rotatable bonds is 3. The van der Waals surface area contributed by atoms with E-state index in [2.05, 4.69) is 16.7 Å². The fourth-order valence-corrected chi connectivity index (χ4v) is 3.92. The zero-order valence-electron chi connectivity index (χ0n) is 11.7. The number of hydrogen-bond acceptors (Lipinski definition) is 6. The van der Waals surface area contributed by atoms with Crippen LogP contribution in [0.25, 0.3) is 0 Å². The Hall–Kier alpha value is -0.0800. The Morgan fingerprint density at radius 1 is 1.14 bits per heavy atom. The summed E-state index contributed by atoms with van der Waals surface area (Å²) in [7, 11) is -10.2. The highest BCUT2D eigenvalue weighted by atomic mass is 32.3. The average molecular weight is 390 g/mol. The van der Waals surface area contributed by atoms with Gasteiger partial charge in [0.05, 0.1) is 12.5 Å². The second kappa shape index (κ2) is 8.15. The smallest absolute Gasteiger partial charge is 0.485 e. The van der Waals surface area contributed by atoms with Crippen LogP contribution in [0.1, 0.15) is 25.7 Å². The van der Waals surface area contributed by atoms with Gasteiger partial charge in [-0.25, -0.2) is 12.6 Å². The van der Waals surface area contributed by atoms with Gasteiger partial charge < -0.3 is 4.55 Å². The standard InChI is InChI=1S/C8H16O4S2.CHF3O3S/c1-13(2)8-6-4-3-5-7(8)12-14(9,10)11;2-1(3,4)8(5,6)7/h7-8H,3-6H2,1-2H3;(H,5,6,7). The third kappa shape index (κ3) is 8.53. The van der Waals surface area contributed by atoms with Gasteiger partial charge in [-0.1, -0.05) is 6.42 Å². The van der Waals surface area contributed by atoms with Gasteiger partial charge in [0.15, 0.2) is 10.1 Å².